The van der Waals surface area contributed by atoms with Gasteiger partial charge in [0, 0.05) is 41.2 Å². The number of hydrogen-bond acceptors (Lipinski definition) is 7. The molecule has 0 saturated carbocycles. The fourth-order valence-electron chi connectivity index (χ4n) is 5.58. The Morgan fingerprint density at radius 2 is 1.33 bits per heavy atom. The average molecular weight is 527 g/mol. The molecule has 0 fully saturated rings. The van der Waals surface area contributed by atoms with E-state index in [0.29, 0.717) is 16.7 Å². The van der Waals surface area contributed by atoms with Gasteiger partial charge in [0.15, 0.2) is 5.78 Å². The van der Waals surface area contributed by atoms with Crippen molar-refractivity contribution < 1.29 is 24.1 Å². The van der Waals surface area contributed by atoms with E-state index >= 15 is 0 Å². The standard InChI is InChI=1S/C31H30N2O6/c1-5-15-31(16-6-2)27-17-22(29(35)19(3)32-39-20(4)34)9-13-25(27)26-14-10-23(18-28(26)31)30(36)21-7-11-24(12-8-21)33(37)38/h7-14,17-18H,5-6,15-16H2,1-4H3/b32-19+. The molecule has 0 aromatic heterocycles. The molecule has 39 heavy (non-hydrogen) atoms. The van der Waals surface area contributed by atoms with Crippen molar-refractivity contribution in [3.63, 3.8) is 0 Å². The van der Waals surface area contributed by atoms with Gasteiger partial charge in [0.05, 0.1) is 4.92 Å². The average Bonchev–Trinajstić information content (AvgIpc) is 3.19. The summed E-state index contributed by atoms with van der Waals surface area (Å²) in [6, 6.07) is 16.9. The van der Waals surface area contributed by atoms with Gasteiger partial charge in [-0.25, -0.2) is 4.79 Å². The number of nitro groups is 1. The molecule has 0 amide bonds. The van der Waals surface area contributed by atoms with Crippen molar-refractivity contribution in [3.8, 4) is 11.1 Å². The largest absolute Gasteiger partial charge is 0.331 e. The number of carbonyl (C=O) groups excluding carboxylic acids is 3. The van der Waals surface area contributed by atoms with Crippen molar-refractivity contribution in [3.05, 3.63) is 98.6 Å². The Kier molecular flexibility index (Phi) is 7.85. The second kappa shape index (κ2) is 11.1. The van der Waals surface area contributed by atoms with Crippen LogP contribution in [-0.2, 0) is 15.0 Å². The molecule has 0 spiro atoms. The smallest absolute Gasteiger partial charge is 0.318 e. The van der Waals surface area contributed by atoms with Crippen LogP contribution in [0.2, 0.25) is 0 Å². The summed E-state index contributed by atoms with van der Waals surface area (Å²) in [6.07, 6.45) is 3.44. The van der Waals surface area contributed by atoms with E-state index in [1.54, 1.807) is 12.1 Å². The Labute approximate surface area is 226 Å². The van der Waals surface area contributed by atoms with Crippen LogP contribution in [0.4, 0.5) is 5.69 Å². The number of nitro benzene ring substituents is 1. The zero-order chi connectivity index (χ0) is 28.3. The molecule has 1 aliphatic carbocycles. The van der Waals surface area contributed by atoms with E-state index in [0.717, 1.165) is 47.9 Å². The number of Topliss-reactive ketones (excluding diaryl/α,β-unsaturated/α-hetero) is 1. The van der Waals surface area contributed by atoms with Gasteiger partial charge in [-0.15, -0.1) is 0 Å². The van der Waals surface area contributed by atoms with E-state index in [2.05, 4.69) is 23.8 Å². The van der Waals surface area contributed by atoms with Crippen LogP contribution in [0.1, 0.15) is 90.8 Å². The Morgan fingerprint density at radius 3 is 1.85 bits per heavy atom. The van der Waals surface area contributed by atoms with Crippen LogP contribution < -0.4 is 0 Å². The topological polar surface area (TPSA) is 116 Å². The molecule has 8 heteroatoms. The molecule has 1 aliphatic rings. The Morgan fingerprint density at radius 1 is 0.821 bits per heavy atom. The number of rotatable bonds is 10. The summed E-state index contributed by atoms with van der Waals surface area (Å²) < 4.78 is 0. The minimum atomic E-state index is -0.601. The molecule has 8 nitrogen and oxygen atoms in total. The fraction of sp³-hybridized carbons (Fsp3) is 0.290. The summed E-state index contributed by atoms with van der Waals surface area (Å²) >= 11 is 0. The quantitative estimate of drug-likeness (QED) is 0.0941. The van der Waals surface area contributed by atoms with Gasteiger partial charge in [-0.05, 0) is 66.3 Å². The summed E-state index contributed by atoms with van der Waals surface area (Å²) in [6.45, 7) is 6.96. The predicted molar refractivity (Wildman–Crippen MR) is 148 cm³/mol. The lowest BCUT2D eigenvalue weighted by Crippen LogP contribution is -2.26. The minimum absolute atomic E-state index is 0.0700. The molecule has 3 aromatic carbocycles. The van der Waals surface area contributed by atoms with Crippen molar-refractivity contribution in [2.24, 2.45) is 5.16 Å². The fourth-order valence-corrected chi connectivity index (χ4v) is 5.58. The van der Waals surface area contributed by atoms with E-state index in [1.807, 2.05) is 24.3 Å². The van der Waals surface area contributed by atoms with Crippen LogP contribution in [0.25, 0.3) is 11.1 Å². The van der Waals surface area contributed by atoms with Gasteiger partial charge in [0.25, 0.3) is 5.69 Å². The van der Waals surface area contributed by atoms with Crippen LogP contribution in [0, 0.1) is 10.1 Å². The molecule has 0 saturated heterocycles. The third kappa shape index (κ3) is 5.14. The lowest BCUT2D eigenvalue weighted by Gasteiger charge is -2.32. The van der Waals surface area contributed by atoms with Crippen LogP contribution >= 0.6 is 0 Å². The predicted octanol–water partition coefficient (Wildman–Crippen LogP) is 6.81. The maximum absolute atomic E-state index is 13.4. The highest BCUT2D eigenvalue weighted by Gasteiger charge is 2.42. The zero-order valence-electron chi connectivity index (χ0n) is 22.4. The van der Waals surface area contributed by atoms with Crippen molar-refractivity contribution in [2.75, 3.05) is 0 Å². The molecule has 0 radical (unpaired) electrons. The van der Waals surface area contributed by atoms with E-state index in [4.69, 9.17) is 0 Å². The molecule has 0 heterocycles. The van der Waals surface area contributed by atoms with E-state index < -0.39 is 16.3 Å². The lowest BCUT2D eigenvalue weighted by atomic mass is 9.71. The highest BCUT2D eigenvalue weighted by molar-refractivity contribution is 6.45. The molecular formula is C31H30N2O6. The number of nitrogens with zero attached hydrogens (tertiary/aromatic N) is 2. The van der Waals surface area contributed by atoms with Crippen LogP contribution in [0.15, 0.2) is 65.8 Å². The molecular weight excluding hydrogens is 496 g/mol. The van der Waals surface area contributed by atoms with Crippen molar-refractivity contribution in [1.82, 2.24) is 0 Å². The normalized spacial score (nSPS) is 13.4. The number of carbonyl (C=O) groups is 3. The van der Waals surface area contributed by atoms with Gasteiger partial charge in [0.1, 0.15) is 5.71 Å². The van der Waals surface area contributed by atoms with Gasteiger partial charge in [0.2, 0.25) is 5.78 Å². The van der Waals surface area contributed by atoms with Crippen molar-refractivity contribution in [2.45, 2.75) is 58.8 Å². The first kappa shape index (κ1) is 27.6. The Bertz CT molecular complexity index is 1500. The van der Waals surface area contributed by atoms with Crippen molar-refractivity contribution >= 4 is 28.9 Å². The number of hydrogen-bond donors (Lipinski definition) is 0. The van der Waals surface area contributed by atoms with Gasteiger partial charge in [-0.1, -0.05) is 56.1 Å². The maximum Gasteiger partial charge on any atom is 0.331 e. The van der Waals surface area contributed by atoms with E-state index in [1.165, 1.54) is 38.1 Å². The number of oxime groups is 1. The number of non-ortho nitro benzene ring substituents is 1. The SMILES string of the molecule is CCCC1(CCC)c2cc(C(=O)/C(C)=N/OC(C)=O)ccc2-c2ccc(C(=O)c3ccc([N+](=O)[O-])cc3)cc21. The van der Waals surface area contributed by atoms with E-state index in [-0.39, 0.29) is 23.0 Å². The van der Waals surface area contributed by atoms with E-state index in [9.17, 15) is 24.5 Å². The third-order valence-electron chi connectivity index (χ3n) is 7.22. The van der Waals surface area contributed by atoms with Crippen LogP contribution in [-0.4, -0.2) is 28.2 Å². The number of benzene rings is 3. The van der Waals surface area contributed by atoms with Gasteiger partial charge in [-0.2, -0.15) is 0 Å². The maximum atomic E-state index is 13.4. The minimum Gasteiger partial charge on any atom is -0.318 e. The molecule has 0 aliphatic heterocycles. The molecule has 4 rings (SSSR count). The lowest BCUT2D eigenvalue weighted by molar-refractivity contribution is -0.384. The van der Waals surface area contributed by atoms with Crippen molar-refractivity contribution in [1.29, 1.82) is 0 Å². The molecule has 0 unspecified atom stereocenters. The third-order valence-corrected chi connectivity index (χ3v) is 7.22. The highest BCUT2D eigenvalue weighted by Crippen LogP contribution is 2.54. The Balaban J connectivity index is 1.80. The van der Waals surface area contributed by atoms with Gasteiger partial charge >= 0.3 is 5.97 Å². The van der Waals surface area contributed by atoms with Crippen LogP contribution in [0.3, 0.4) is 0 Å². The summed E-state index contributed by atoms with van der Waals surface area (Å²) in [5, 5.41) is 14.7. The number of fused-ring (bicyclic) bond motifs is 3. The number of ketones is 2. The second-order valence-corrected chi connectivity index (χ2v) is 9.82. The monoisotopic (exact) mass is 526 g/mol. The summed E-state index contributed by atoms with van der Waals surface area (Å²) in [7, 11) is 0. The zero-order valence-corrected chi connectivity index (χ0v) is 22.4. The highest BCUT2D eigenvalue weighted by atomic mass is 16.7. The van der Waals surface area contributed by atoms with Crippen LogP contribution in [0.5, 0.6) is 0 Å². The summed E-state index contributed by atoms with van der Waals surface area (Å²) in [5.41, 5.74) is 5.08. The van der Waals surface area contributed by atoms with Gasteiger partial charge in [-0.3, -0.25) is 19.7 Å². The second-order valence-electron chi connectivity index (χ2n) is 9.82. The first-order valence-corrected chi connectivity index (χ1v) is 13.0. The summed E-state index contributed by atoms with van der Waals surface area (Å²) in [4.78, 5) is 52.8. The molecule has 0 N–H and O–H groups in total. The summed E-state index contributed by atoms with van der Waals surface area (Å²) in [5.74, 6) is -1.14. The molecule has 200 valence electrons. The molecule has 0 bridgehead atoms. The Hall–Kier alpha value is -4.46. The first-order chi connectivity index (χ1) is 18.6. The molecule has 0 atom stereocenters. The first-order valence-electron chi connectivity index (χ1n) is 13.0. The molecule has 3 aromatic rings. The van der Waals surface area contributed by atoms with Gasteiger partial charge < -0.3 is 4.84 Å².